The van der Waals surface area contributed by atoms with Gasteiger partial charge in [0.1, 0.15) is 6.10 Å². The van der Waals surface area contributed by atoms with E-state index >= 15 is 0 Å². The standard InChI is InChI=1S/C9H13IO3/c1-4-6(3-11)5-2-7(12)13-9(5)8(4)10/h4-6,8-9,11H,2-3H2,1H3/t4-,5-,6-,8-,9-/m1/s1. The van der Waals surface area contributed by atoms with Gasteiger partial charge in [0.25, 0.3) is 0 Å². The molecule has 74 valence electrons. The second kappa shape index (κ2) is 3.38. The van der Waals surface area contributed by atoms with Crippen molar-refractivity contribution < 1.29 is 14.6 Å². The Bertz CT molecular complexity index is 231. The molecule has 0 bridgehead atoms. The molecule has 0 aromatic carbocycles. The predicted octanol–water partition coefficient (Wildman–Crippen LogP) is 0.980. The van der Waals surface area contributed by atoms with Crippen LogP contribution >= 0.6 is 22.6 Å². The molecule has 1 N–H and O–H groups in total. The minimum Gasteiger partial charge on any atom is -0.461 e. The summed E-state index contributed by atoms with van der Waals surface area (Å²) in [5.74, 6) is 0.864. The zero-order chi connectivity index (χ0) is 9.59. The van der Waals surface area contributed by atoms with Crippen LogP contribution in [-0.2, 0) is 9.53 Å². The number of fused-ring (bicyclic) bond motifs is 1. The van der Waals surface area contributed by atoms with Crippen molar-refractivity contribution in [2.24, 2.45) is 17.8 Å². The van der Waals surface area contributed by atoms with Crippen LogP contribution in [0, 0.1) is 17.8 Å². The Kier molecular flexibility index (Phi) is 2.53. The van der Waals surface area contributed by atoms with E-state index in [0.717, 1.165) is 0 Å². The fourth-order valence-electron chi connectivity index (χ4n) is 2.52. The number of carbonyl (C=O) groups is 1. The third-order valence-corrected chi connectivity index (χ3v) is 5.19. The minimum atomic E-state index is -0.0954. The monoisotopic (exact) mass is 296 g/mol. The molecule has 1 saturated heterocycles. The van der Waals surface area contributed by atoms with E-state index in [1.165, 1.54) is 0 Å². The van der Waals surface area contributed by atoms with Crippen molar-refractivity contribution in [2.75, 3.05) is 6.61 Å². The number of ether oxygens (including phenoxy) is 1. The SMILES string of the molecule is C[C@H]1[C@@H](I)[C@@H]2OC(=O)C[C@@H]2[C@@H]1CO. The molecule has 1 heterocycles. The summed E-state index contributed by atoms with van der Waals surface area (Å²) in [4.78, 5) is 11.1. The molecule has 2 fully saturated rings. The van der Waals surface area contributed by atoms with E-state index in [9.17, 15) is 9.90 Å². The Morgan fingerprint density at radius 2 is 2.38 bits per heavy atom. The molecule has 5 atom stereocenters. The number of rotatable bonds is 1. The van der Waals surface area contributed by atoms with E-state index in [-0.39, 0.29) is 30.5 Å². The number of carbonyl (C=O) groups excluding carboxylic acids is 1. The van der Waals surface area contributed by atoms with E-state index in [2.05, 4.69) is 29.5 Å². The van der Waals surface area contributed by atoms with Gasteiger partial charge in [-0.2, -0.15) is 0 Å². The van der Waals surface area contributed by atoms with Crippen LogP contribution in [0.4, 0.5) is 0 Å². The van der Waals surface area contributed by atoms with E-state index < -0.39 is 0 Å². The Balaban J connectivity index is 2.19. The van der Waals surface area contributed by atoms with E-state index in [0.29, 0.717) is 16.3 Å². The zero-order valence-corrected chi connectivity index (χ0v) is 9.60. The van der Waals surface area contributed by atoms with Crippen molar-refractivity contribution in [1.82, 2.24) is 0 Å². The third kappa shape index (κ3) is 1.38. The van der Waals surface area contributed by atoms with Crippen LogP contribution in [0.3, 0.4) is 0 Å². The Morgan fingerprint density at radius 1 is 1.69 bits per heavy atom. The maximum absolute atomic E-state index is 11.1. The summed E-state index contributed by atoms with van der Waals surface area (Å²) < 4.78 is 5.61. The largest absolute Gasteiger partial charge is 0.461 e. The van der Waals surface area contributed by atoms with Crippen LogP contribution in [-0.4, -0.2) is 27.7 Å². The predicted molar refractivity (Wildman–Crippen MR) is 55.5 cm³/mol. The second-order valence-electron chi connectivity index (χ2n) is 3.97. The number of aliphatic hydroxyl groups is 1. The molecule has 1 aliphatic heterocycles. The second-order valence-corrected chi connectivity index (χ2v) is 5.41. The first-order valence-electron chi connectivity index (χ1n) is 4.59. The van der Waals surface area contributed by atoms with Crippen molar-refractivity contribution in [2.45, 2.75) is 23.4 Å². The van der Waals surface area contributed by atoms with E-state index in [4.69, 9.17) is 4.74 Å². The van der Waals surface area contributed by atoms with Crippen molar-refractivity contribution in [1.29, 1.82) is 0 Å². The molecule has 13 heavy (non-hydrogen) atoms. The molecule has 0 aromatic rings. The minimum absolute atomic E-state index is 0.0558. The summed E-state index contributed by atoms with van der Waals surface area (Å²) in [5.41, 5.74) is 0. The van der Waals surface area contributed by atoms with Crippen LogP contribution in [0.25, 0.3) is 0 Å². The number of hydrogen-bond acceptors (Lipinski definition) is 3. The highest BCUT2D eigenvalue weighted by molar-refractivity contribution is 14.1. The van der Waals surface area contributed by atoms with Crippen molar-refractivity contribution in [3.05, 3.63) is 0 Å². The first kappa shape index (κ1) is 9.71. The zero-order valence-electron chi connectivity index (χ0n) is 7.44. The van der Waals surface area contributed by atoms with Crippen LogP contribution < -0.4 is 0 Å². The lowest BCUT2D eigenvalue weighted by atomic mass is 9.89. The summed E-state index contributed by atoms with van der Waals surface area (Å²) in [6.45, 7) is 2.31. The van der Waals surface area contributed by atoms with Crippen molar-refractivity contribution in [3.8, 4) is 0 Å². The summed E-state index contributed by atoms with van der Waals surface area (Å²) in [7, 11) is 0. The molecule has 0 amide bonds. The average Bonchev–Trinajstić information content (AvgIpc) is 2.54. The van der Waals surface area contributed by atoms with Gasteiger partial charge in [0.05, 0.1) is 10.3 Å². The number of halogens is 1. The third-order valence-electron chi connectivity index (χ3n) is 3.34. The number of esters is 1. The van der Waals surface area contributed by atoms with Crippen molar-refractivity contribution in [3.63, 3.8) is 0 Å². The topological polar surface area (TPSA) is 46.5 Å². The Labute approximate surface area is 91.0 Å². The van der Waals surface area contributed by atoms with Crippen LogP contribution in [0.15, 0.2) is 0 Å². The first-order chi connectivity index (χ1) is 6.15. The summed E-state index contributed by atoms with van der Waals surface area (Å²) >= 11 is 2.34. The molecule has 0 aromatic heterocycles. The maximum Gasteiger partial charge on any atom is 0.306 e. The molecule has 4 heteroatoms. The smallest absolute Gasteiger partial charge is 0.306 e. The molecule has 1 aliphatic carbocycles. The fourth-order valence-corrected chi connectivity index (χ4v) is 3.73. The molecule has 3 nitrogen and oxygen atoms in total. The van der Waals surface area contributed by atoms with Gasteiger partial charge >= 0.3 is 5.97 Å². The number of aliphatic hydroxyl groups excluding tert-OH is 1. The van der Waals surface area contributed by atoms with Gasteiger partial charge in [-0.3, -0.25) is 4.79 Å². The summed E-state index contributed by atoms with van der Waals surface area (Å²) in [6, 6.07) is 0. The van der Waals surface area contributed by atoms with Crippen LogP contribution in [0.5, 0.6) is 0 Å². The van der Waals surface area contributed by atoms with Crippen LogP contribution in [0.2, 0.25) is 0 Å². The normalized spacial score (nSPS) is 49.2. The maximum atomic E-state index is 11.1. The van der Waals surface area contributed by atoms with Gasteiger partial charge in [0.2, 0.25) is 0 Å². The molecule has 0 radical (unpaired) electrons. The van der Waals surface area contributed by atoms with E-state index in [1.54, 1.807) is 0 Å². The number of alkyl halides is 1. The highest BCUT2D eigenvalue weighted by Crippen LogP contribution is 2.47. The molecule has 2 aliphatic rings. The van der Waals surface area contributed by atoms with Gasteiger partial charge in [-0.05, 0) is 11.8 Å². The van der Waals surface area contributed by atoms with E-state index in [1.807, 2.05) is 0 Å². The molecule has 0 spiro atoms. The summed E-state index contributed by atoms with van der Waals surface area (Å²) in [5, 5.41) is 9.22. The van der Waals surface area contributed by atoms with Gasteiger partial charge in [-0.25, -0.2) is 0 Å². The highest BCUT2D eigenvalue weighted by Gasteiger charge is 2.53. The fraction of sp³-hybridized carbons (Fsp3) is 0.889. The molecule has 2 rings (SSSR count). The van der Waals surface area contributed by atoms with Gasteiger partial charge in [0.15, 0.2) is 0 Å². The Morgan fingerprint density at radius 3 is 3.00 bits per heavy atom. The Hall–Kier alpha value is 0.160. The average molecular weight is 296 g/mol. The first-order valence-corrected chi connectivity index (χ1v) is 5.84. The van der Waals surface area contributed by atoms with Gasteiger partial charge < -0.3 is 9.84 Å². The number of hydrogen-bond donors (Lipinski definition) is 1. The molecule has 0 unspecified atom stereocenters. The van der Waals surface area contributed by atoms with Gasteiger partial charge in [0, 0.05) is 12.5 Å². The lowest BCUT2D eigenvalue weighted by molar-refractivity contribution is -0.141. The molecular weight excluding hydrogens is 283 g/mol. The lowest BCUT2D eigenvalue weighted by Gasteiger charge is -2.17. The molecular formula is C9H13IO3. The quantitative estimate of drug-likeness (QED) is 0.446. The van der Waals surface area contributed by atoms with Crippen LogP contribution in [0.1, 0.15) is 13.3 Å². The summed E-state index contributed by atoms with van der Waals surface area (Å²) in [6.07, 6.45) is 0.556. The van der Waals surface area contributed by atoms with Gasteiger partial charge in [-0.15, -0.1) is 0 Å². The van der Waals surface area contributed by atoms with Crippen molar-refractivity contribution >= 4 is 28.6 Å². The molecule has 1 saturated carbocycles. The van der Waals surface area contributed by atoms with Gasteiger partial charge in [-0.1, -0.05) is 29.5 Å². The lowest BCUT2D eigenvalue weighted by Crippen LogP contribution is -2.21. The highest BCUT2D eigenvalue weighted by atomic mass is 127.